The maximum Gasteiger partial charge on any atom is 0.276 e. The molecule has 0 aliphatic rings. The van der Waals surface area contributed by atoms with E-state index in [0.717, 1.165) is 4.47 Å². The molecule has 0 fully saturated rings. The van der Waals surface area contributed by atoms with Gasteiger partial charge in [0.25, 0.3) is 5.69 Å². The lowest BCUT2D eigenvalue weighted by Gasteiger charge is -1.99. The van der Waals surface area contributed by atoms with E-state index >= 15 is 0 Å². The summed E-state index contributed by atoms with van der Waals surface area (Å²) in [7, 11) is 0. The second-order valence-electron chi connectivity index (χ2n) is 4.02. The fourth-order valence-electron chi connectivity index (χ4n) is 1.69. The molecule has 2 rings (SSSR count). The van der Waals surface area contributed by atoms with Crippen molar-refractivity contribution in [2.45, 2.75) is 0 Å². The molecule has 20 heavy (non-hydrogen) atoms. The van der Waals surface area contributed by atoms with Gasteiger partial charge in [0.15, 0.2) is 5.78 Å². The van der Waals surface area contributed by atoms with Gasteiger partial charge in [-0.3, -0.25) is 14.9 Å². The first-order valence-corrected chi connectivity index (χ1v) is 6.58. The Hall–Kier alpha value is -2.27. The number of nitrogens with zero attached hydrogens (tertiary/aromatic N) is 1. The molecule has 0 atom stereocenters. The van der Waals surface area contributed by atoms with Gasteiger partial charge in [-0.25, -0.2) is 0 Å². The van der Waals surface area contributed by atoms with E-state index in [4.69, 9.17) is 0 Å². The number of ketones is 1. The zero-order chi connectivity index (χ0) is 14.5. The van der Waals surface area contributed by atoms with Crippen LogP contribution in [-0.2, 0) is 0 Å². The molecule has 4 nitrogen and oxygen atoms in total. The molecule has 0 heterocycles. The number of hydrogen-bond acceptors (Lipinski definition) is 3. The molecule has 100 valence electrons. The molecule has 0 unspecified atom stereocenters. The highest BCUT2D eigenvalue weighted by molar-refractivity contribution is 9.10. The third-order valence-corrected chi connectivity index (χ3v) is 3.15. The largest absolute Gasteiger partial charge is 0.289 e. The smallest absolute Gasteiger partial charge is 0.276 e. The number of carbonyl (C=O) groups is 1. The van der Waals surface area contributed by atoms with Gasteiger partial charge >= 0.3 is 0 Å². The van der Waals surface area contributed by atoms with Gasteiger partial charge in [0.2, 0.25) is 0 Å². The Labute approximate surface area is 124 Å². The van der Waals surface area contributed by atoms with Gasteiger partial charge in [-0.05, 0) is 24.3 Å². The van der Waals surface area contributed by atoms with Crippen molar-refractivity contribution in [2.24, 2.45) is 0 Å². The van der Waals surface area contributed by atoms with Gasteiger partial charge in [-0.2, -0.15) is 0 Å². The quantitative estimate of drug-likeness (QED) is 0.364. The lowest BCUT2D eigenvalue weighted by atomic mass is 10.1. The van der Waals surface area contributed by atoms with Gasteiger partial charge in [-0.15, -0.1) is 0 Å². The molecule has 0 N–H and O–H groups in total. The summed E-state index contributed by atoms with van der Waals surface area (Å²) >= 11 is 3.26. The summed E-state index contributed by atoms with van der Waals surface area (Å²) in [5.74, 6) is -0.195. The highest BCUT2D eigenvalue weighted by Gasteiger charge is 2.11. The van der Waals surface area contributed by atoms with E-state index in [2.05, 4.69) is 15.9 Å². The highest BCUT2D eigenvalue weighted by Crippen LogP contribution is 2.24. The monoisotopic (exact) mass is 331 g/mol. The van der Waals surface area contributed by atoms with Gasteiger partial charge in [0.05, 0.1) is 10.5 Å². The summed E-state index contributed by atoms with van der Waals surface area (Å²) in [6.45, 7) is 0. The fraction of sp³-hybridized carbons (Fsp3) is 0. The molecule has 2 aromatic rings. The van der Waals surface area contributed by atoms with Crippen LogP contribution in [0.4, 0.5) is 5.69 Å². The van der Waals surface area contributed by atoms with E-state index in [1.807, 2.05) is 6.07 Å². The minimum atomic E-state index is -0.473. The average Bonchev–Trinajstić information content (AvgIpc) is 2.45. The van der Waals surface area contributed by atoms with Crippen molar-refractivity contribution in [1.82, 2.24) is 0 Å². The molecule has 0 spiro atoms. The van der Waals surface area contributed by atoms with Gasteiger partial charge < -0.3 is 0 Å². The van der Waals surface area contributed by atoms with Gasteiger partial charge in [0, 0.05) is 16.1 Å². The molecule has 0 aliphatic heterocycles. The van der Waals surface area contributed by atoms with Crippen LogP contribution in [0, 0.1) is 10.1 Å². The summed E-state index contributed by atoms with van der Waals surface area (Å²) in [6, 6.07) is 13.3. The Morgan fingerprint density at radius 3 is 2.50 bits per heavy atom. The number of hydrogen-bond donors (Lipinski definition) is 0. The standard InChI is InChI=1S/C15H10BrNO3/c16-13-7-8-14(17(19)20)12(10-13)6-9-15(18)11-4-2-1-3-5-11/h1-10H/b9-6+. The normalized spacial score (nSPS) is 10.7. The van der Waals surface area contributed by atoms with Crippen molar-refractivity contribution in [3.05, 3.63) is 80.3 Å². The second kappa shape index (κ2) is 6.25. The highest BCUT2D eigenvalue weighted by atomic mass is 79.9. The third kappa shape index (κ3) is 3.39. The van der Waals surface area contributed by atoms with E-state index in [1.165, 1.54) is 18.2 Å². The predicted molar refractivity (Wildman–Crippen MR) is 80.6 cm³/mol. The van der Waals surface area contributed by atoms with Crippen LogP contribution in [0.1, 0.15) is 15.9 Å². The predicted octanol–water partition coefficient (Wildman–Crippen LogP) is 4.25. The van der Waals surface area contributed by atoms with E-state index in [-0.39, 0.29) is 11.5 Å². The first-order valence-electron chi connectivity index (χ1n) is 5.79. The van der Waals surface area contributed by atoms with Crippen molar-refractivity contribution >= 4 is 33.5 Å². The molecule has 2 aromatic carbocycles. The molecule has 5 heteroatoms. The van der Waals surface area contributed by atoms with Crippen molar-refractivity contribution in [3.8, 4) is 0 Å². The molecule has 0 aromatic heterocycles. The molecule has 0 saturated heterocycles. The number of carbonyl (C=O) groups excluding carboxylic acids is 1. The SMILES string of the molecule is O=C(/C=C/c1cc(Br)ccc1[N+](=O)[O-])c1ccccc1. The summed E-state index contributed by atoms with van der Waals surface area (Å²) < 4.78 is 0.718. The first-order chi connectivity index (χ1) is 9.58. The topological polar surface area (TPSA) is 60.2 Å². The van der Waals surface area contributed by atoms with Crippen LogP contribution in [0.15, 0.2) is 59.1 Å². The van der Waals surface area contributed by atoms with Crippen molar-refractivity contribution in [1.29, 1.82) is 0 Å². The first kappa shape index (κ1) is 14.1. The lowest BCUT2D eigenvalue weighted by Crippen LogP contribution is -1.94. The lowest BCUT2D eigenvalue weighted by molar-refractivity contribution is -0.385. The number of rotatable bonds is 4. The maximum absolute atomic E-state index is 11.9. The van der Waals surface area contributed by atoms with Crippen molar-refractivity contribution in [3.63, 3.8) is 0 Å². The van der Waals surface area contributed by atoms with Crippen molar-refractivity contribution in [2.75, 3.05) is 0 Å². The molecule has 0 bridgehead atoms. The number of halogens is 1. The molecule has 0 saturated carbocycles. The van der Waals surface area contributed by atoms with Crippen LogP contribution in [0.25, 0.3) is 6.08 Å². The van der Waals surface area contributed by atoms with E-state index in [1.54, 1.807) is 36.4 Å². The summed E-state index contributed by atoms with van der Waals surface area (Å²) in [6.07, 6.45) is 2.79. The van der Waals surface area contributed by atoms with Crippen LogP contribution >= 0.6 is 15.9 Å². The van der Waals surface area contributed by atoms with E-state index in [9.17, 15) is 14.9 Å². The van der Waals surface area contributed by atoms with Crippen LogP contribution in [-0.4, -0.2) is 10.7 Å². The number of nitro groups is 1. The third-order valence-electron chi connectivity index (χ3n) is 2.66. The molecule has 0 radical (unpaired) electrons. The molecule has 0 aliphatic carbocycles. The second-order valence-corrected chi connectivity index (χ2v) is 4.94. The Bertz CT molecular complexity index is 681. The average molecular weight is 332 g/mol. The van der Waals surface area contributed by atoms with Crippen molar-refractivity contribution < 1.29 is 9.72 Å². The molecular weight excluding hydrogens is 322 g/mol. The molecule has 0 amide bonds. The fourth-order valence-corrected chi connectivity index (χ4v) is 2.07. The van der Waals surface area contributed by atoms with Gasteiger partial charge in [-0.1, -0.05) is 46.3 Å². The summed E-state index contributed by atoms with van der Waals surface area (Å²) in [5.41, 5.74) is 0.889. The summed E-state index contributed by atoms with van der Waals surface area (Å²) in [5, 5.41) is 10.9. The Kier molecular flexibility index (Phi) is 4.42. The minimum absolute atomic E-state index is 0.0367. The maximum atomic E-state index is 11.9. The zero-order valence-electron chi connectivity index (χ0n) is 10.3. The number of benzene rings is 2. The minimum Gasteiger partial charge on any atom is -0.289 e. The zero-order valence-corrected chi connectivity index (χ0v) is 11.9. The Morgan fingerprint density at radius 1 is 1.15 bits per heavy atom. The number of allylic oxidation sites excluding steroid dienone is 1. The molecular formula is C15H10BrNO3. The van der Waals surface area contributed by atoms with E-state index in [0.29, 0.717) is 11.1 Å². The van der Waals surface area contributed by atoms with Crippen LogP contribution in [0.3, 0.4) is 0 Å². The van der Waals surface area contributed by atoms with Crippen LogP contribution in [0.5, 0.6) is 0 Å². The number of nitro benzene ring substituents is 1. The van der Waals surface area contributed by atoms with Crippen LogP contribution in [0.2, 0.25) is 0 Å². The summed E-state index contributed by atoms with van der Waals surface area (Å²) in [4.78, 5) is 22.4. The van der Waals surface area contributed by atoms with E-state index < -0.39 is 4.92 Å². The van der Waals surface area contributed by atoms with Gasteiger partial charge in [0.1, 0.15) is 0 Å². The Balaban J connectivity index is 2.30. The van der Waals surface area contributed by atoms with Crippen LogP contribution < -0.4 is 0 Å². The Morgan fingerprint density at radius 2 is 1.85 bits per heavy atom.